The first kappa shape index (κ1) is 21.9. The molecule has 3 aromatic carbocycles. The molecule has 5 rings (SSSR count). The number of carbonyl (C=O) groups is 1. The van der Waals surface area contributed by atoms with Crippen molar-refractivity contribution in [1.29, 1.82) is 0 Å². The number of fused-ring (bicyclic) bond motifs is 2. The van der Waals surface area contributed by atoms with Crippen molar-refractivity contribution in [3.05, 3.63) is 83.7 Å². The number of carbonyl (C=O) groups excluding carboxylic acids is 1. The number of anilines is 1. The second-order valence-corrected chi connectivity index (χ2v) is 8.48. The first-order chi connectivity index (χ1) is 16.5. The van der Waals surface area contributed by atoms with Gasteiger partial charge in [-0.2, -0.15) is 0 Å². The molecular formula is C28H25FN2O3. The summed E-state index contributed by atoms with van der Waals surface area (Å²) >= 11 is 0. The van der Waals surface area contributed by atoms with E-state index in [4.69, 9.17) is 14.5 Å². The number of rotatable bonds is 4. The van der Waals surface area contributed by atoms with E-state index in [2.05, 4.69) is 0 Å². The van der Waals surface area contributed by atoms with E-state index in [0.717, 1.165) is 40.6 Å². The summed E-state index contributed by atoms with van der Waals surface area (Å²) in [6, 6.07) is 19.7. The van der Waals surface area contributed by atoms with Crippen LogP contribution < -0.4 is 14.4 Å². The van der Waals surface area contributed by atoms with Gasteiger partial charge >= 0.3 is 0 Å². The first-order valence-corrected chi connectivity index (χ1v) is 11.2. The molecule has 2 heterocycles. The monoisotopic (exact) mass is 456 g/mol. The average molecular weight is 457 g/mol. The van der Waals surface area contributed by atoms with Crippen molar-refractivity contribution < 1.29 is 18.7 Å². The summed E-state index contributed by atoms with van der Waals surface area (Å²) in [6.07, 6.45) is 1.51. The van der Waals surface area contributed by atoms with Crippen LogP contribution in [-0.2, 0) is 6.42 Å². The molecule has 1 aliphatic heterocycles. The molecule has 1 amide bonds. The Balaban J connectivity index is 1.67. The highest BCUT2D eigenvalue weighted by molar-refractivity contribution is 6.15. The molecule has 0 bridgehead atoms. The van der Waals surface area contributed by atoms with E-state index in [1.54, 1.807) is 25.2 Å². The Bertz CT molecular complexity index is 1400. The maximum Gasteiger partial charge on any atom is 0.259 e. The Morgan fingerprint density at radius 2 is 1.79 bits per heavy atom. The molecule has 1 aromatic heterocycles. The average Bonchev–Trinajstić information content (AvgIpc) is 2.87. The minimum Gasteiger partial charge on any atom is -0.493 e. The number of methoxy groups -OCH3 is 2. The molecule has 0 spiro atoms. The minimum absolute atomic E-state index is 0.0121. The Kier molecular flexibility index (Phi) is 5.65. The van der Waals surface area contributed by atoms with Gasteiger partial charge in [-0.1, -0.05) is 18.2 Å². The number of pyridine rings is 1. The molecule has 1 atom stereocenters. The van der Waals surface area contributed by atoms with Gasteiger partial charge in [0, 0.05) is 22.7 Å². The van der Waals surface area contributed by atoms with Crippen molar-refractivity contribution in [2.75, 3.05) is 19.1 Å². The Morgan fingerprint density at radius 1 is 1.00 bits per heavy atom. The van der Waals surface area contributed by atoms with E-state index in [-0.39, 0.29) is 17.8 Å². The van der Waals surface area contributed by atoms with Gasteiger partial charge in [-0.15, -0.1) is 0 Å². The first-order valence-electron chi connectivity index (χ1n) is 11.2. The summed E-state index contributed by atoms with van der Waals surface area (Å²) < 4.78 is 24.7. The van der Waals surface area contributed by atoms with Crippen molar-refractivity contribution in [3.8, 4) is 22.8 Å². The number of aromatic nitrogens is 1. The summed E-state index contributed by atoms with van der Waals surface area (Å²) in [6.45, 7) is 2.03. The second-order valence-electron chi connectivity index (χ2n) is 8.48. The molecule has 0 N–H and O–H groups in total. The van der Waals surface area contributed by atoms with Crippen molar-refractivity contribution >= 4 is 22.5 Å². The number of hydrogen-bond acceptors (Lipinski definition) is 4. The number of benzene rings is 3. The van der Waals surface area contributed by atoms with E-state index in [1.165, 1.54) is 12.1 Å². The zero-order valence-corrected chi connectivity index (χ0v) is 19.3. The van der Waals surface area contributed by atoms with E-state index in [0.29, 0.717) is 22.8 Å². The summed E-state index contributed by atoms with van der Waals surface area (Å²) in [5, 5.41) is 0.776. The third-order valence-electron chi connectivity index (χ3n) is 6.42. The quantitative estimate of drug-likeness (QED) is 0.376. The highest BCUT2D eigenvalue weighted by atomic mass is 19.1. The zero-order chi connectivity index (χ0) is 23.8. The minimum atomic E-state index is -0.286. The second kappa shape index (κ2) is 8.78. The molecule has 172 valence electrons. The summed E-state index contributed by atoms with van der Waals surface area (Å²) in [7, 11) is 3.18. The normalized spacial score (nSPS) is 15.2. The smallest absolute Gasteiger partial charge is 0.259 e. The number of aryl methyl sites for hydroxylation is 1. The highest BCUT2D eigenvalue weighted by Gasteiger charge is 2.30. The lowest BCUT2D eigenvalue weighted by atomic mass is 9.94. The predicted octanol–water partition coefficient (Wildman–Crippen LogP) is 6.04. The number of amides is 1. The third kappa shape index (κ3) is 3.75. The van der Waals surface area contributed by atoms with Gasteiger partial charge in [0.2, 0.25) is 0 Å². The largest absolute Gasteiger partial charge is 0.493 e. The lowest BCUT2D eigenvalue weighted by molar-refractivity contribution is 0.0976. The van der Waals surface area contributed by atoms with Crippen molar-refractivity contribution in [1.82, 2.24) is 4.98 Å². The molecule has 0 fully saturated rings. The molecule has 0 aliphatic carbocycles. The summed E-state index contributed by atoms with van der Waals surface area (Å²) in [5.41, 5.74) is 4.36. The zero-order valence-electron chi connectivity index (χ0n) is 19.3. The molecular weight excluding hydrogens is 431 g/mol. The van der Waals surface area contributed by atoms with Gasteiger partial charge in [0.1, 0.15) is 5.82 Å². The maximum absolute atomic E-state index is 14.0. The molecule has 0 radical (unpaired) electrons. The van der Waals surface area contributed by atoms with Crippen LogP contribution in [0.2, 0.25) is 0 Å². The van der Waals surface area contributed by atoms with Crippen LogP contribution >= 0.6 is 0 Å². The number of hydrogen-bond donors (Lipinski definition) is 0. The lowest BCUT2D eigenvalue weighted by Crippen LogP contribution is -2.42. The molecule has 0 unspecified atom stereocenters. The van der Waals surface area contributed by atoms with Crippen LogP contribution in [0.25, 0.3) is 22.2 Å². The van der Waals surface area contributed by atoms with Crippen LogP contribution in [0, 0.1) is 5.82 Å². The molecule has 5 nitrogen and oxygen atoms in total. The van der Waals surface area contributed by atoms with Crippen molar-refractivity contribution in [2.24, 2.45) is 0 Å². The van der Waals surface area contributed by atoms with Gasteiger partial charge in [-0.05, 0) is 73.9 Å². The van der Waals surface area contributed by atoms with Gasteiger partial charge < -0.3 is 14.4 Å². The van der Waals surface area contributed by atoms with E-state index in [9.17, 15) is 9.18 Å². The fourth-order valence-electron chi connectivity index (χ4n) is 4.66. The Morgan fingerprint density at radius 3 is 2.59 bits per heavy atom. The maximum atomic E-state index is 14.0. The topological polar surface area (TPSA) is 51.7 Å². The van der Waals surface area contributed by atoms with Crippen LogP contribution in [-0.4, -0.2) is 31.2 Å². The van der Waals surface area contributed by atoms with Gasteiger partial charge in [0.05, 0.1) is 31.0 Å². The standard InChI is InChI=1S/C28H25FN2O3/c1-17-8-9-19-14-20(29)11-12-25(19)31(17)28(32)22-16-24(30-23-7-5-4-6-21(22)23)18-10-13-26(33-2)27(15-18)34-3/h4-7,10-17H,8-9H2,1-3H3/t17-/m0/s1. The number of halogens is 1. The van der Waals surface area contributed by atoms with Gasteiger partial charge in [-0.25, -0.2) is 9.37 Å². The van der Waals surface area contributed by atoms with Crippen LogP contribution in [0.3, 0.4) is 0 Å². The lowest BCUT2D eigenvalue weighted by Gasteiger charge is -2.35. The van der Waals surface area contributed by atoms with Gasteiger partial charge in [-0.3, -0.25) is 4.79 Å². The van der Waals surface area contributed by atoms with Gasteiger partial charge in [0.15, 0.2) is 11.5 Å². The fraction of sp³-hybridized carbons (Fsp3) is 0.214. The van der Waals surface area contributed by atoms with Crippen LogP contribution in [0.4, 0.5) is 10.1 Å². The third-order valence-corrected chi connectivity index (χ3v) is 6.42. The fourth-order valence-corrected chi connectivity index (χ4v) is 4.66. The number of ether oxygens (including phenoxy) is 2. The summed E-state index contributed by atoms with van der Waals surface area (Å²) in [4.78, 5) is 20.7. The van der Waals surface area contributed by atoms with Crippen LogP contribution in [0.5, 0.6) is 11.5 Å². The molecule has 6 heteroatoms. The van der Waals surface area contributed by atoms with E-state index < -0.39 is 0 Å². The van der Waals surface area contributed by atoms with Gasteiger partial charge in [0.25, 0.3) is 5.91 Å². The number of para-hydroxylation sites is 1. The Labute approximate surface area is 197 Å². The van der Waals surface area contributed by atoms with Crippen LogP contribution in [0.1, 0.15) is 29.3 Å². The predicted molar refractivity (Wildman–Crippen MR) is 131 cm³/mol. The van der Waals surface area contributed by atoms with E-state index in [1.807, 2.05) is 55.5 Å². The Hall–Kier alpha value is -3.93. The molecule has 0 saturated carbocycles. The molecule has 4 aromatic rings. The van der Waals surface area contributed by atoms with Crippen molar-refractivity contribution in [3.63, 3.8) is 0 Å². The molecule has 0 saturated heterocycles. The SMILES string of the molecule is COc1ccc(-c2cc(C(=O)N3c4ccc(F)cc4CC[C@@H]3C)c3ccccc3n2)cc1OC. The highest BCUT2D eigenvalue weighted by Crippen LogP contribution is 2.36. The van der Waals surface area contributed by atoms with E-state index >= 15 is 0 Å². The molecule has 1 aliphatic rings. The van der Waals surface area contributed by atoms with Crippen LogP contribution in [0.15, 0.2) is 66.7 Å². The number of nitrogens with zero attached hydrogens (tertiary/aromatic N) is 2. The summed E-state index contributed by atoms with van der Waals surface area (Å²) in [5.74, 6) is 0.795. The van der Waals surface area contributed by atoms with Crippen molar-refractivity contribution in [2.45, 2.75) is 25.8 Å². The molecule has 34 heavy (non-hydrogen) atoms.